The highest BCUT2D eigenvalue weighted by Crippen LogP contribution is 2.42. The molecule has 59 heavy (non-hydrogen) atoms. The summed E-state index contributed by atoms with van der Waals surface area (Å²) in [5.41, 5.74) is -2.66. The number of imide groups is 1. The van der Waals surface area contributed by atoms with E-state index in [1.165, 1.54) is 35.2 Å². The van der Waals surface area contributed by atoms with Crippen LogP contribution in [0.1, 0.15) is 57.4 Å². The number of aldehydes is 1. The molecule has 4 heterocycles. The number of hydrogen-bond acceptors (Lipinski definition) is 13. The first-order chi connectivity index (χ1) is 28.0. The summed E-state index contributed by atoms with van der Waals surface area (Å²) >= 11 is 0. The van der Waals surface area contributed by atoms with E-state index in [-0.39, 0.29) is 84.9 Å². The summed E-state index contributed by atoms with van der Waals surface area (Å²) in [4.78, 5) is 61.8. The van der Waals surface area contributed by atoms with E-state index in [2.05, 4.69) is 15.0 Å². The zero-order chi connectivity index (χ0) is 42.5. The molecule has 3 aliphatic rings. The van der Waals surface area contributed by atoms with Crippen LogP contribution in [0.5, 0.6) is 11.5 Å². The van der Waals surface area contributed by atoms with E-state index in [1.54, 1.807) is 18.7 Å². The number of para-hydroxylation sites is 1. The smallest absolute Gasteiger partial charge is 0.420 e. The second-order valence-electron chi connectivity index (χ2n) is 15.2. The molecule has 20 heteroatoms. The van der Waals surface area contributed by atoms with Crippen molar-refractivity contribution in [1.29, 1.82) is 0 Å². The second-order valence-corrected chi connectivity index (χ2v) is 17.2. The molecule has 0 aliphatic carbocycles. The summed E-state index contributed by atoms with van der Waals surface area (Å²) in [6.45, 7) is 6.32. The van der Waals surface area contributed by atoms with Gasteiger partial charge in [-0.25, -0.2) is 13.2 Å². The lowest BCUT2D eigenvalue weighted by Gasteiger charge is -2.44. The fourth-order valence-corrected chi connectivity index (χ4v) is 9.59. The molecule has 6 rings (SSSR count). The number of amides is 3. The van der Waals surface area contributed by atoms with Crippen LogP contribution in [0.25, 0.3) is 11.4 Å². The van der Waals surface area contributed by atoms with Crippen molar-refractivity contribution in [2.24, 2.45) is 5.92 Å². The molecule has 3 aliphatic heterocycles. The molecule has 1 N–H and O–H groups in total. The Morgan fingerprint density at radius 2 is 1.75 bits per heavy atom. The van der Waals surface area contributed by atoms with Gasteiger partial charge in [0, 0.05) is 51.3 Å². The zero-order valence-corrected chi connectivity index (χ0v) is 33.5. The van der Waals surface area contributed by atoms with Crippen molar-refractivity contribution in [3.05, 3.63) is 53.9 Å². The van der Waals surface area contributed by atoms with Crippen LogP contribution in [0.2, 0.25) is 0 Å². The summed E-state index contributed by atoms with van der Waals surface area (Å²) in [6.07, 6.45) is -3.07. The zero-order valence-electron chi connectivity index (χ0n) is 32.7. The van der Waals surface area contributed by atoms with Gasteiger partial charge in [-0.05, 0) is 61.9 Å². The number of rotatable bonds is 17. The van der Waals surface area contributed by atoms with Crippen LogP contribution in [0.15, 0.2) is 51.9 Å². The average Bonchev–Trinajstić information content (AvgIpc) is 3.73. The maximum Gasteiger partial charge on any atom is 0.420 e. The lowest BCUT2D eigenvalue weighted by molar-refractivity contribution is -0.146. The number of nitrogens with zero attached hydrogens (tertiary/aromatic N) is 6. The maximum atomic E-state index is 14.5. The number of piperidine rings is 1. The Hall–Kier alpha value is -4.92. The second kappa shape index (κ2) is 18.1. The fourth-order valence-electron chi connectivity index (χ4n) is 7.83. The van der Waals surface area contributed by atoms with E-state index in [4.69, 9.17) is 14.0 Å². The minimum absolute atomic E-state index is 0.128. The Morgan fingerprint density at radius 1 is 1.03 bits per heavy atom. The lowest BCUT2D eigenvalue weighted by atomic mass is 9.85. The Morgan fingerprint density at radius 3 is 2.41 bits per heavy atom. The molecule has 0 bridgehead atoms. The van der Waals surface area contributed by atoms with E-state index >= 15 is 0 Å². The number of carboxylic acids is 1. The van der Waals surface area contributed by atoms with Crippen molar-refractivity contribution in [3.8, 4) is 22.9 Å². The lowest BCUT2D eigenvalue weighted by Crippen LogP contribution is -2.59. The van der Waals surface area contributed by atoms with Crippen LogP contribution in [-0.2, 0) is 41.7 Å². The number of carbonyl (C=O) groups excluding carboxylic acids is 3. The predicted octanol–water partition coefficient (Wildman–Crippen LogP) is 4.73. The third-order valence-corrected chi connectivity index (χ3v) is 12.9. The van der Waals surface area contributed by atoms with Crippen LogP contribution >= 0.6 is 0 Å². The van der Waals surface area contributed by atoms with Gasteiger partial charge >= 0.3 is 18.2 Å². The molecule has 1 spiro atoms. The molecule has 2 aromatic carbocycles. The van der Waals surface area contributed by atoms with Gasteiger partial charge in [-0.2, -0.15) is 18.2 Å². The number of alkyl halides is 3. The molecular formula is C39H47F3N6O10S. The monoisotopic (exact) mass is 848 g/mol. The van der Waals surface area contributed by atoms with Gasteiger partial charge in [-0.1, -0.05) is 31.1 Å². The third kappa shape index (κ3) is 9.77. The number of likely N-dealkylation sites (tertiary alicyclic amines) is 1. The number of aliphatic carboxylic acids is 1. The maximum absolute atomic E-state index is 14.5. The molecule has 1 aromatic heterocycles. The van der Waals surface area contributed by atoms with Gasteiger partial charge in [0.2, 0.25) is 11.7 Å². The molecule has 1 unspecified atom stereocenters. The number of aromatic nitrogens is 2. The van der Waals surface area contributed by atoms with E-state index in [0.717, 1.165) is 23.3 Å². The SMILES string of the molecule is CC(C)CS(=O)(=O)c1ccccc1Oc1ccc(-c2noc(CN3C(=O)N(CCN4CCOCC4)C4(CCN(C(CCCC=O)C(=O)O)CC4)C3=O)n2)cc1C(F)(F)F. The molecule has 16 nitrogen and oxygen atoms in total. The largest absolute Gasteiger partial charge is 0.480 e. The van der Waals surface area contributed by atoms with Gasteiger partial charge in [0.05, 0.1) is 24.5 Å². The van der Waals surface area contributed by atoms with Crippen LogP contribution in [0, 0.1) is 5.92 Å². The number of unbranched alkanes of at least 4 members (excludes halogenated alkanes) is 1. The molecule has 0 saturated carbocycles. The Balaban J connectivity index is 1.23. The number of benzene rings is 2. The third-order valence-electron chi connectivity index (χ3n) is 10.8. The highest BCUT2D eigenvalue weighted by Gasteiger charge is 2.58. The Bertz CT molecular complexity index is 2120. The average molecular weight is 849 g/mol. The van der Waals surface area contributed by atoms with Gasteiger partial charge in [0.25, 0.3) is 5.91 Å². The van der Waals surface area contributed by atoms with Crippen molar-refractivity contribution in [2.45, 2.75) is 75.1 Å². The number of carbonyl (C=O) groups is 4. The first-order valence-electron chi connectivity index (χ1n) is 19.4. The number of sulfone groups is 1. The first kappa shape index (κ1) is 43.7. The highest BCUT2D eigenvalue weighted by molar-refractivity contribution is 7.91. The standard InChI is InChI=1S/C39H47F3N6O10S/c1-26(2)25-59(54,55)32-9-4-3-8-31(32)57-30-11-10-27(23-28(30)39(40,41)42)34-43-33(58-44-34)24-47-36(52)38(48(37(47)53)17-16-45-18-21-56-22-19-45)12-14-46(15-13-38)29(35(50)51)7-5-6-20-49/h3-4,8-11,20,23,26,29H,5-7,12-19,21-22,24-25H2,1-2H3,(H,50,51). The summed E-state index contributed by atoms with van der Waals surface area (Å²) in [6, 6.07) is 6.97. The van der Waals surface area contributed by atoms with Crippen molar-refractivity contribution in [1.82, 2.24) is 29.7 Å². The summed E-state index contributed by atoms with van der Waals surface area (Å²) < 4.78 is 85.9. The van der Waals surface area contributed by atoms with Crippen LogP contribution < -0.4 is 4.74 Å². The Kier molecular flexibility index (Phi) is 13.4. The van der Waals surface area contributed by atoms with Crippen molar-refractivity contribution in [3.63, 3.8) is 0 Å². The minimum Gasteiger partial charge on any atom is -0.480 e. The topological polar surface area (TPSA) is 193 Å². The molecule has 1 atom stereocenters. The number of morpholine rings is 1. The summed E-state index contributed by atoms with van der Waals surface area (Å²) in [5.74, 6) is -3.48. The predicted molar refractivity (Wildman–Crippen MR) is 203 cm³/mol. The number of ether oxygens (including phenoxy) is 2. The fraction of sp³-hybridized carbons (Fsp3) is 0.538. The molecule has 3 aromatic rings. The number of hydrogen-bond donors (Lipinski definition) is 1. The van der Waals surface area contributed by atoms with Crippen molar-refractivity contribution < 1.29 is 59.9 Å². The van der Waals surface area contributed by atoms with Crippen LogP contribution in [-0.4, -0.2) is 137 Å². The van der Waals surface area contributed by atoms with Gasteiger partial charge in [-0.15, -0.1) is 0 Å². The minimum atomic E-state index is -4.95. The van der Waals surface area contributed by atoms with Crippen LogP contribution in [0.3, 0.4) is 0 Å². The van der Waals surface area contributed by atoms with Crippen molar-refractivity contribution >= 4 is 34.0 Å². The van der Waals surface area contributed by atoms with Crippen LogP contribution in [0.4, 0.5) is 18.0 Å². The van der Waals surface area contributed by atoms with E-state index < -0.39 is 63.4 Å². The van der Waals surface area contributed by atoms with E-state index in [0.29, 0.717) is 39.3 Å². The van der Waals surface area contributed by atoms with E-state index in [1.807, 2.05) is 0 Å². The molecule has 320 valence electrons. The molecule has 3 fully saturated rings. The number of urea groups is 1. The first-order valence-corrected chi connectivity index (χ1v) is 21.1. The highest BCUT2D eigenvalue weighted by atomic mass is 32.2. The quantitative estimate of drug-likeness (QED) is 0.111. The summed E-state index contributed by atoms with van der Waals surface area (Å²) in [5, 5.41) is 13.8. The van der Waals surface area contributed by atoms with Crippen molar-refractivity contribution in [2.75, 3.05) is 58.2 Å². The molecule has 0 radical (unpaired) electrons. The number of carboxylic acid groups (broad SMARTS) is 1. The van der Waals surface area contributed by atoms with Gasteiger partial charge in [0.15, 0.2) is 9.84 Å². The molecular weight excluding hydrogens is 802 g/mol. The normalized spacial score (nSPS) is 18.5. The summed E-state index contributed by atoms with van der Waals surface area (Å²) in [7, 11) is -3.89. The molecule has 3 amide bonds. The van der Waals surface area contributed by atoms with Gasteiger partial charge < -0.3 is 28.8 Å². The van der Waals surface area contributed by atoms with Gasteiger partial charge in [0.1, 0.15) is 40.8 Å². The Labute approximate surface area is 339 Å². The van der Waals surface area contributed by atoms with Gasteiger partial charge in [-0.3, -0.25) is 24.3 Å². The molecule has 3 saturated heterocycles. The number of halogens is 3. The van der Waals surface area contributed by atoms with E-state index in [9.17, 15) is 45.9 Å².